The second kappa shape index (κ2) is 7.00. The van der Waals surface area contributed by atoms with Crippen molar-refractivity contribution < 1.29 is 9.47 Å². The predicted molar refractivity (Wildman–Crippen MR) is 79.0 cm³/mol. The van der Waals surface area contributed by atoms with Gasteiger partial charge in [0, 0.05) is 5.56 Å². The first-order valence-electron chi connectivity index (χ1n) is 6.14. The second-order valence-corrected chi connectivity index (χ2v) is 5.36. The van der Waals surface area contributed by atoms with Gasteiger partial charge in [0.05, 0.1) is 18.7 Å². The Balaban J connectivity index is 3.37. The fraction of sp³-hybridized carbons (Fsp3) is 0.571. The van der Waals surface area contributed by atoms with Crippen LogP contribution in [0, 0.1) is 0 Å². The summed E-state index contributed by atoms with van der Waals surface area (Å²) in [7, 11) is 5.32. The number of benzene rings is 1. The first-order valence-corrected chi connectivity index (χ1v) is 6.93. The van der Waals surface area contributed by atoms with Crippen LogP contribution in [0.2, 0.25) is 0 Å². The number of likely N-dealkylation sites (N-methyl/N-ethyl adjacent to an activating group) is 1. The Morgan fingerprint density at radius 3 is 2.28 bits per heavy atom. The van der Waals surface area contributed by atoms with Crippen molar-refractivity contribution in [3.05, 3.63) is 21.7 Å². The van der Waals surface area contributed by atoms with Gasteiger partial charge in [-0.1, -0.05) is 13.8 Å². The average molecular weight is 316 g/mol. The summed E-state index contributed by atoms with van der Waals surface area (Å²) in [6.07, 6.45) is 0.975. The van der Waals surface area contributed by atoms with Crippen LogP contribution in [-0.2, 0) is 6.42 Å². The highest BCUT2D eigenvalue weighted by Gasteiger charge is 2.20. The van der Waals surface area contributed by atoms with E-state index in [-0.39, 0.29) is 0 Å². The first-order chi connectivity index (χ1) is 8.56. The summed E-state index contributed by atoms with van der Waals surface area (Å²) in [5.74, 6) is 2.01. The van der Waals surface area contributed by atoms with Crippen molar-refractivity contribution in [2.75, 3.05) is 27.8 Å². The summed E-state index contributed by atoms with van der Waals surface area (Å²) < 4.78 is 11.9. The van der Waals surface area contributed by atoms with Gasteiger partial charge in [0.1, 0.15) is 0 Å². The Bertz CT molecular complexity index is 405. The van der Waals surface area contributed by atoms with Crippen molar-refractivity contribution in [2.24, 2.45) is 0 Å². The Hall–Kier alpha value is -0.740. The van der Waals surface area contributed by atoms with Crippen LogP contribution in [-0.4, -0.2) is 27.8 Å². The Morgan fingerprint density at radius 2 is 1.83 bits per heavy atom. The molecule has 0 unspecified atom stereocenters. The van der Waals surface area contributed by atoms with Crippen molar-refractivity contribution in [3.63, 3.8) is 0 Å². The summed E-state index contributed by atoms with van der Waals surface area (Å²) in [4.78, 5) is 0. The van der Waals surface area contributed by atoms with Crippen molar-refractivity contribution in [2.45, 2.75) is 26.2 Å². The summed E-state index contributed by atoms with van der Waals surface area (Å²) >= 11 is 3.55. The maximum absolute atomic E-state index is 5.55. The van der Waals surface area contributed by atoms with Gasteiger partial charge in [-0.25, -0.2) is 0 Å². The van der Waals surface area contributed by atoms with Crippen LogP contribution in [0.25, 0.3) is 0 Å². The van der Waals surface area contributed by atoms with Crippen LogP contribution in [0.15, 0.2) is 10.5 Å². The molecule has 0 saturated carbocycles. The number of rotatable bonds is 6. The molecular weight excluding hydrogens is 294 g/mol. The van der Waals surface area contributed by atoms with Crippen LogP contribution >= 0.6 is 15.9 Å². The maximum Gasteiger partial charge on any atom is 0.175 e. The van der Waals surface area contributed by atoms with Crippen molar-refractivity contribution in [1.29, 1.82) is 0 Å². The van der Waals surface area contributed by atoms with E-state index in [2.05, 4.69) is 41.2 Å². The molecule has 1 rings (SSSR count). The fourth-order valence-electron chi connectivity index (χ4n) is 2.17. The Kier molecular flexibility index (Phi) is 5.96. The van der Waals surface area contributed by atoms with Gasteiger partial charge in [-0.15, -0.1) is 0 Å². The van der Waals surface area contributed by atoms with Crippen molar-refractivity contribution in [1.82, 2.24) is 5.32 Å². The molecule has 0 aliphatic rings. The van der Waals surface area contributed by atoms with Gasteiger partial charge in [-0.05, 0) is 53.5 Å². The molecule has 0 fully saturated rings. The summed E-state index contributed by atoms with van der Waals surface area (Å²) in [6.45, 7) is 5.30. The number of hydrogen-bond acceptors (Lipinski definition) is 3. The molecule has 1 aromatic carbocycles. The number of nitrogens with one attached hydrogen (secondary N) is 1. The molecule has 0 radical (unpaired) electrons. The van der Waals surface area contributed by atoms with E-state index < -0.39 is 0 Å². The van der Waals surface area contributed by atoms with Crippen LogP contribution in [0.1, 0.15) is 30.9 Å². The highest BCUT2D eigenvalue weighted by molar-refractivity contribution is 9.10. The quantitative estimate of drug-likeness (QED) is 0.873. The lowest BCUT2D eigenvalue weighted by molar-refractivity contribution is 0.348. The van der Waals surface area contributed by atoms with Crippen LogP contribution in [0.3, 0.4) is 0 Å². The van der Waals surface area contributed by atoms with Gasteiger partial charge in [0.2, 0.25) is 0 Å². The number of methoxy groups -OCH3 is 2. The van der Waals surface area contributed by atoms with Gasteiger partial charge in [0.25, 0.3) is 0 Å². The van der Waals surface area contributed by atoms with E-state index in [1.807, 2.05) is 7.05 Å². The van der Waals surface area contributed by atoms with E-state index in [9.17, 15) is 0 Å². The van der Waals surface area contributed by atoms with Crippen LogP contribution < -0.4 is 14.8 Å². The van der Waals surface area contributed by atoms with E-state index in [4.69, 9.17) is 9.47 Å². The summed E-state index contributed by atoms with van der Waals surface area (Å²) in [5.41, 5.74) is 2.52. The predicted octanol–water partition coefficient (Wildman–Crippen LogP) is 3.35. The lowest BCUT2D eigenvalue weighted by atomic mass is 9.93. The number of ether oxygens (including phenoxy) is 2. The van der Waals surface area contributed by atoms with E-state index in [0.29, 0.717) is 5.92 Å². The number of halogens is 1. The molecule has 0 amide bonds. The normalized spacial score (nSPS) is 10.8. The second-order valence-electron chi connectivity index (χ2n) is 4.51. The molecule has 3 nitrogen and oxygen atoms in total. The lowest BCUT2D eigenvalue weighted by Gasteiger charge is -2.20. The molecule has 4 heteroatoms. The Morgan fingerprint density at radius 1 is 1.22 bits per heavy atom. The highest BCUT2D eigenvalue weighted by Crippen LogP contribution is 2.43. The minimum Gasteiger partial charge on any atom is -0.493 e. The molecule has 102 valence electrons. The Labute approximate surface area is 118 Å². The molecular formula is C14H22BrNO2. The molecule has 18 heavy (non-hydrogen) atoms. The van der Waals surface area contributed by atoms with Crippen LogP contribution in [0.4, 0.5) is 0 Å². The topological polar surface area (TPSA) is 30.5 Å². The third-order valence-corrected chi connectivity index (χ3v) is 3.53. The zero-order valence-electron chi connectivity index (χ0n) is 11.8. The zero-order chi connectivity index (χ0) is 13.7. The van der Waals surface area contributed by atoms with E-state index in [1.54, 1.807) is 14.2 Å². The van der Waals surface area contributed by atoms with Crippen molar-refractivity contribution >= 4 is 15.9 Å². The van der Waals surface area contributed by atoms with Gasteiger partial charge in [-0.3, -0.25) is 0 Å². The van der Waals surface area contributed by atoms with Crippen molar-refractivity contribution in [3.8, 4) is 11.5 Å². The standard InChI is InChI=1S/C14H22BrNO2/c1-9(2)12-10(6-7-16-3)8-11(15)13(17-4)14(12)18-5/h8-9,16H,6-7H2,1-5H3. The molecule has 0 atom stereocenters. The van der Waals surface area contributed by atoms with E-state index in [1.165, 1.54) is 11.1 Å². The minimum atomic E-state index is 0.397. The molecule has 0 aliphatic carbocycles. The molecule has 0 spiro atoms. The summed E-state index contributed by atoms with van der Waals surface area (Å²) in [5, 5.41) is 3.18. The van der Waals surface area contributed by atoms with Gasteiger partial charge in [0.15, 0.2) is 11.5 Å². The lowest BCUT2D eigenvalue weighted by Crippen LogP contribution is -2.13. The van der Waals surface area contributed by atoms with E-state index >= 15 is 0 Å². The highest BCUT2D eigenvalue weighted by atomic mass is 79.9. The maximum atomic E-state index is 5.55. The summed E-state index contributed by atoms with van der Waals surface area (Å²) in [6, 6.07) is 2.13. The van der Waals surface area contributed by atoms with Gasteiger partial charge >= 0.3 is 0 Å². The smallest absolute Gasteiger partial charge is 0.175 e. The van der Waals surface area contributed by atoms with Crippen LogP contribution in [0.5, 0.6) is 11.5 Å². The molecule has 1 aromatic rings. The molecule has 0 saturated heterocycles. The third kappa shape index (κ3) is 3.18. The first kappa shape index (κ1) is 15.3. The van der Waals surface area contributed by atoms with E-state index in [0.717, 1.165) is 28.9 Å². The monoisotopic (exact) mass is 315 g/mol. The zero-order valence-corrected chi connectivity index (χ0v) is 13.3. The molecule has 0 bridgehead atoms. The van der Waals surface area contributed by atoms with Gasteiger partial charge in [-0.2, -0.15) is 0 Å². The fourth-order valence-corrected chi connectivity index (χ4v) is 2.78. The SMILES string of the molecule is CNCCc1cc(Br)c(OC)c(OC)c1C(C)C. The minimum absolute atomic E-state index is 0.397. The molecule has 0 heterocycles. The third-order valence-electron chi connectivity index (χ3n) is 2.94. The largest absolute Gasteiger partial charge is 0.493 e. The number of hydrogen-bond donors (Lipinski definition) is 1. The van der Waals surface area contributed by atoms with Gasteiger partial charge < -0.3 is 14.8 Å². The molecule has 0 aromatic heterocycles. The average Bonchev–Trinajstić information content (AvgIpc) is 2.34. The molecule has 1 N–H and O–H groups in total. The molecule has 0 aliphatic heterocycles.